The van der Waals surface area contributed by atoms with Crippen LogP contribution in [0.5, 0.6) is 0 Å². The van der Waals surface area contributed by atoms with Gasteiger partial charge in [-0.1, -0.05) is 35.9 Å². The topological polar surface area (TPSA) is 77.6 Å². The van der Waals surface area contributed by atoms with E-state index in [0.29, 0.717) is 37.6 Å². The Morgan fingerprint density at radius 1 is 0.971 bits per heavy atom. The second kappa shape index (κ2) is 10.9. The second-order valence-corrected chi connectivity index (χ2v) is 8.31. The number of para-hydroxylation sites is 1. The van der Waals surface area contributed by atoms with Crippen molar-refractivity contribution in [3.05, 3.63) is 90.0 Å². The van der Waals surface area contributed by atoms with Crippen LogP contribution in [0.25, 0.3) is 0 Å². The lowest BCUT2D eigenvalue weighted by atomic mass is 10.1. The first-order valence-electron chi connectivity index (χ1n) is 11.3. The molecule has 2 aromatic carbocycles. The number of aryl methyl sites for hydroxylation is 1. The van der Waals surface area contributed by atoms with Gasteiger partial charge in [0.2, 0.25) is 0 Å². The number of nitrogens with zero attached hydrogens (tertiary/aromatic N) is 3. The third-order valence-corrected chi connectivity index (χ3v) is 5.99. The van der Waals surface area contributed by atoms with Gasteiger partial charge in [0.1, 0.15) is 5.82 Å². The van der Waals surface area contributed by atoms with Crippen LogP contribution in [-0.2, 0) is 9.59 Å². The summed E-state index contributed by atoms with van der Waals surface area (Å²) in [4.78, 5) is 33.3. The zero-order valence-corrected chi connectivity index (χ0v) is 19.1. The van der Waals surface area contributed by atoms with Gasteiger partial charge in [0, 0.05) is 50.8 Å². The van der Waals surface area contributed by atoms with Gasteiger partial charge in [0.25, 0.3) is 0 Å². The van der Waals surface area contributed by atoms with Crippen LogP contribution in [0.3, 0.4) is 0 Å². The van der Waals surface area contributed by atoms with Crippen molar-refractivity contribution in [2.24, 2.45) is 0 Å². The molecule has 7 nitrogen and oxygen atoms in total. The smallest absolute Gasteiger partial charge is 0.313 e. The highest BCUT2D eigenvalue weighted by molar-refractivity contribution is 6.39. The van der Waals surface area contributed by atoms with E-state index < -0.39 is 11.8 Å². The van der Waals surface area contributed by atoms with Gasteiger partial charge in [-0.05, 0) is 42.8 Å². The highest BCUT2D eigenvalue weighted by Gasteiger charge is 2.27. The summed E-state index contributed by atoms with van der Waals surface area (Å²) in [5.74, 6) is -1.63. The van der Waals surface area contributed by atoms with E-state index in [-0.39, 0.29) is 18.4 Å². The number of anilines is 2. The lowest BCUT2D eigenvalue weighted by Gasteiger charge is -2.40. The Morgan fingerprint density at radius 3 is 2.38 bits per heavy atom. The molecule has 1 saturated heterocycles. The fourth-order valence-corrected chi connectivity index (χ4v) is 4.11. The van der Waals surface area contributed by atoms with E-state index in [9.17, 15) is 14.0 Å². The van der Waals surface area contributed by atoms with E-state index >= 15 is 0 Å². The number of halogens is 1. The number of carbonyl (C=O) groups is 2. The zero-order chi connectivity index (χ0) is 23.9. The third kappa shape index (κ3) is 5.77. The van der Waals surface area contributed by atoms with Crippen molar-refractivity contribution >= 4 is 23.2 Å². The van der Waals surface area contributed by atoms with Gasteiger partial charge >= 0.3 is 11.8 Å². The van der Waals surface area contributed by atoms with E-state index in [1.165, 1.54) is 6.07 Å². The molecule has 3 aromatic rings. The van der Waals surface area contributed by atoms with Crippen molar-refractivity contribution in [3.63, 3.8) is 0 Å². The highest BCUT2D eigenvalue weighted by atomic mass is 19.1. The molecule has 176 valence electrons. The van der Waals surface area contributed by atoms with Crippen LogP contribution in [0, 0.1) is 12.7 Å². The standard InChI is InChI=1S/C26H28FN5O2/c1-19-8-10-21(11-9-19)30-26(34)25(33)29-18-24(20-5-4-12-28-17-20)32-15-13-31(14-16-32)23-7-3-2-6-22(23)27/h2-12,17,24H,13-16,18H2,1H3,(H,29,33)(H,30,34)/t24-/m1/s1. The van der Waals surface area contributed by atoms with Crippen LogP contribution in [0.4, 0.5) is 15.8 Å². The summed E-state index contributed by atoms with van der Waals surface area (Å²) in [5, 5.41) is 5.39. The number of hydrogen-bond acceptors (Lipinski definition) is 5. The monoisotopic (exact) mass is 461 g/mol. The van der Waals surface area contributed by atoms with Gasteiger partial charge in [-0.3, -0.25) is 19.5 Å². The van der Waals surface area contributed by atoms with E-state index in [1.807, 2.05) is 42.2 Å². The number of hydrogen-bond donors (Lipinski definition) is 2. The van der Waals surface area contributed by atoms with Crippen molar-refractivity contribution in [3.8, 4) is 0 Å². The van der Waals surface area contributed by atoms with Gasteiger partial charge < -0.3 is 15.5 Å². The molecule has 1 aliphatic heterocycles. The molecule has 2 heterocycles. The number of aromatic nitrogens is 1. The summed E-state index contributed by atoms with van der Waals surface area (Å²) in [6.45, 7) is 4.87. The molecule has 1 fully saturated rings. The first kappa shape index (κ1) is 23.4. The van der Waals surface area contributed by atoms with Crippen molar-refractivity contribution in [2.75, 3.05) is 42.9 Å². The molecule has 1 aromatic heterocycles. The van der Waals surface area contributed by atoms with Gasteiger partial charge in [-0.15, -0.1) is 0 Å². The average Bonchev–Trinajstić information content (AvgIpc) is 2.87. The molecule has 0 unspecified atom stereocenters. The fraction of sp³-hybridized carbons (Fsp3) is 0.269. The Morgan fingerprint density at radius 2 is 1.71 bits per heavy atom. The van der Waals surface area contributed by atoms with Crippen LogP contribution in [0.1, 0.15) is 17.2 Å². The number of benzene rings is 2. The van der Waals surface area contributed by atoms with Crippen molar-refractivity contribution < 1.29 is 14.0 Å². The zero-order valence-electron chi connectivity index (χ0n) is 19.1. The summed E-state index contributed by atoms with van der Waals surface area (Å²) < 4.78 is 14.2. The predicted octanol–water partition coefficient (Wildman–Crippen LogP) is 3.15. The summed E-state index contributed by atoms with van der Waals surface area (Å²) in [5.41, 5.74) is 3.18. The van der Waals surface area contributed by atoms with Crippen LogP contribution in [-0.4, -0.2) is 54.4 Å². The first-order chi connectivity index (χ1) is 16.5. The lowest BCUT2D eigenvalue weighted by Crippen LogP contribution is -2.50. The van der Waals surface area contributed by atoms with E-state index in [4.69, 9.17) is 0 Å². The maximum absolute atomic E-state index is 14.2. The molecule has 1 atom stereocenters. The maximum Gasteiger partial charge on any atom is 0.313 e. The number of carbonyl (C=O) groups excluding carboxylic acids is 2. The van der Waals surface area contributed by atoms with Crippen LogP contribution >= 0.6 is 0 Å². The average molecular weight is 462 g/mol. The summed E-state index contributed by atoms with van der Waals surface area (Å²) in [7, 11) is 0. The molecule has 0 aliphatic carbocycles. The molecule has 0 radical (unpaired) electrons. The molecule has 4 rings (SSSR count). The first-order valence-corrected chi connectivity index (χ1v) is 11.3. The number of piperazine rings is 1. The Balaban J connectivity index is 1.39. The minimum absolute atomic E-state index is 0.160. The largest absolute Gasteiger partial charge is 0.367 e. The summed E-state index contributed by atoms with van der Waals surface area (Å²) in [6.07, 6.45) is 3.47. The molecule has 0 bridgehead atoms. The second-order valence-electron chi connectivity index (χ2n) is 8.31. The third-order valence-electron chi connectivity index (χ3n) is 5.99. The van der Waals surface area contributed by atoms with Crippen molar-refractivity contribution in [1.82, 2.24) is 15.2 Å². The Labute approximate surface area is 198 Å². The van der Waals surface area contributed by atoms with Crippen LogP contribution in [0.2, 0.25) is 0 Å². The maximum atomic E-state index is 14.2. The van der Waals surface area contributed by atoms with E-state index in [0.717, 1.165) is 11.1 Å². The number of nitrogens with one attached hydrogen (secondary N) is 2. The number of amides is 2. The molecular formula is C26H28FN5O2. The molecule has 0 saturated carbocycles. The molecule has 1 aliphatic rings. The highest BCUT2D eigenvalue weighted by Crippen LogP contribution is 2.25. The minimum atomic E-state index is -0.710. The van der Waals surface area contributed by atoms with Gasteiger partial charge in [-0.25, -0.2) is 4.39 Å². The fourth-order valence-electron chi connectivity index (χ4n) is 4.11. The SMILES string of the molecule is Cc1ccc(NC(=O)C(=O)NC[C@H](c2cccnc2)N2CCN(c3ccccc3F)CC2)cc1. The summed E-state index contributed by atoms with van der Waals surface area (Å²) >= 11 is 0. The Hall–Kier alpha value is -3.78. The normalized spacial score (nSPS) is 14.9. The van der Waals surface area contributed by atoms with Crippen LogP contribution < -0.4 is 15.5 Å². The van der Waals surface area contributed by atoms with Gasteiger partial charge in [0.15, 0.2) is 0 Å². The van der Waals surface area contributed by atoms with Gasteiger partial charge in [0.05, 0.1) is 11.7 Å². The quantitative estimate of drug-likeness (QED) is 0.552. The molecular weight excluding hydrogens is 433 g/mol. The molecule has 2 amide bonds. The lowest BCUT2D eigenvalue weighted by molar-refractivity contribution is -0.136. The Kier molecular flexibility index (Phi) is 7.49. The molecule has 0 spiro atoms. The van der Waals surface area contributed by atoms with Gasteiger partial charge in [-0.2, -0.15) is 0 Å². The van der Waals surface area contributed by atoms with E-state index in [1.54, 1.807) is 36.7 Å². The number of pyridine rings is 1. The van der Waals surface area contributed by atoms with E-state index in [2.05, 4.69) is 20.5 Å². The Bertz CT molecular complexity index is 1120. The molecule has 2 N–H and O–H groups in total. The van der Waals surface area contributed by atoms with Crippen LogP contribution in [0.15, 0.2) is 73.1 Å². The van der Waals surface area contributed by atoms with Crippen molar-refractivity contribution in [1.29, 1.82) is 0 Å². The number of rotatable bonds is 6. The molecule has 8 heteroatoms. The minimum Gasteiger partial charge on any atom is -0.367 e. The predicted molar refractivity (Wildman–Crippen MR) is 130 cm³/mol. The summed E-state index contributed by atoms with van der Waals surface area (Å²) in [6, 6.07) is 17.7. The molecule has 34 heavy (non-hydrogen) atoms. The van der Waals surface area contributed by atoms with Crippen molar-refractivity contribution in [2.45, 2.75) is 13.0 Å².